The highest BCUT2D eigenvalue weighted by Gasteiger charge is 2.16. The van der Waals surface area contributed by atoms with Crippen molar-refractivity contribution >= 4 is 17.5 Å². The molecule has 1 heterocycles. The summed E-state index contributed by atoms with van der Waals surface area (Å²) in [5.74, 6) is 0.758. The second-order valence-corrected chi connectivity index (χ2v) is 4.71. The van der Waals surface area contributed by atoms with Crippen LogP contribution in [0, 0.1) is 0 Å². The molecule has 0 radical (unpaired) electrons. The van der Waals surface area contributed by atoms with Crippen LogP contribution in [0.2, 0.25) is 0 Å². The van der Waals surface area contributed by atoms with Gasteiger partial charge in [0.1, 0.15) is 11.2 Å². The number of hydrogen-bond donors (Lipinski definition) is 1. The number of halogens is 1. The van der Waals surface area contributed by atoms with Gasteiger partial charge in [0, 0.05) is 32.4 Å². The normalized spacial score (nSPS) is 12.1. The lowest BCUT2D eigenvalue weighted by atomic mass is 10.1. The van der Waals surface area contributed by atoms with Crippen LogP contribution in [-0.2, 0) is 18.3 Å². The predicted octanol–water partition coefficient (Wildman–Crippen LogP) is 2.06. The molecular formula is C14H16ClN3O. The van der Waals surface area contributed by atoms with Crippen molar-refractivity contribution < 1.29 is 4.79 Å². The molecule has 2 aromatic rings. The molecule has 1 unspecified atom stereocenters. The number of nitrogens with one attached hydrogen (secondary N) is 1. The van der Waals surface area contributed by atoms with E-state index in [2.05, 4.69) is 10.3 Å². The SMILES string of the molecule is Cn1ccnc1CCNC(=O)C(Cl)c1ccccc1. The Morgan fingerprint density at radius 3 is 2.79 bits per heavy atom. The average molecular weight is 278 g/mol. The first-order chi connectivity index (χ1) is 9.18. The minimum atomic E-state index is -0.650. The van der Waals surface area contributed by atoms with Crippen molar-refractivity contribution in [3.8, 4) is 0 Å². The first-order valence-electron chi connectivity index (χ1n) is 6.11. The molecule has 0 aliphatic rings. The Bertz CT molecular complexity index is 539. The van der Waals surface area contributed by atoms with Crippen LogP contribution in [0.3, 0.4) is 0 Å². The number of aromatic nitrogens is 2. The van der Waals surface area contributed by atoms with Gasteiger partial charge in [-0.2, -0.15) is 0 Å². The number of nitrogens with zero attached hydrogens (tertiary/aromatic N) is 2. The van der Waals surface area contributed by atoms with E-state index in [-0.39, 0.29) is 5.91 Å². The monoisotopic (exact) mass is 277 g/mol. The summed E-state index contributed by atoms with van der Waals surface area (Å²) < 4.78 is 1.93. The van der Waals surface area contributed by atoms with Crippen molar-refractivity contribution in [1.82, 2.24) is 14.9 Å². The lowest BCUT2D eigenvalue weighted by molar-refractivity contribution is -0.120. The summed E-state index contributed by atoms with van der Waals surface area (Å²) in [5.41, 5.74) is 0.804. The van der Waals surface area contributed by atoms with Crippen LogP contribution in [0.1, 0.15) is 16.8 Å². The third-order valence-corrected chi connectivity index (χ3v) is 3.34. The molecule has 0 spiro atoms. The molecule has 1 amide bonds. The molecule has 1 aromatic heterocycles. The molecule has 2 rings (SSSR count). The molecular weight excluding hydrogens is 262 g/mol. The molecule has 0 bridgehead atoms. The number of rotatable bonds is 5. The number of aryl methyl sites for hydroxylation is 1. The molecule has 4 nitrogen and oxygen atoms in total. The number of hydrogen-bond acceptors (Lipinski definition) is 2. The van der Waals surface area contributed by atoms with E-state index >= 15 is 0 Å². The first kappa shape index (κ1) is 13.6. The zero-order valence-electron chi connectivity index (χ0n) is 10.7. The highest BCUT2D eigenvalue weighted by Crippen LogP contribution is 2.19. The van der Waals surface area contributed by atoms with Crippen LogP contribution in [0.25, 0.3) is 0 Å². The van der Waals surface area contributed by atoms with Crippen molar-refractivity contribution in [2.75, 3.05) is 6.54 Å². The third kappa shape index (κ3) is 3.58. The van der Waals surface area contributed by atoms with E-state index in [0.717, 1.165) is 11.4 Å². The van der Waals surface area contributed by atoms with Crippen molar-refractivity contribution in [3.05, 3.63) is 54.1 Å². The molecule has 5 heteroatoms. The fourth-order valence-corrected chi connectivity index (χ4v) is 2.02. The van der Waals surface area contributed by atoms with Gasteiger partial charge in [0.05, 0.1) is 0 Å². The maximum atomic E-state index is 11.9. The second-order valence-electron chi connectivity index (χ2n) is 4.27. The number of carbonyl (C=O) groups excluding carboxylic acids is 1. The smallest absolute Gasteiger partial charge is 0.242 e. The van der Waals surface area contributed by atoms with E-state index < -0.39 is 5.38 Å². The van der Waals surface area contributed by atoms with Crippen LogP contribution in [-0.4, -0.2) is 22.0 Å². The summed E-state index contributed by atoms with van der Waals surface area (Å²) in [6.45, 7) is 0.528. The highest BCUT2D eigenvalue weighted by molar-refractivity contribution is 6.30. The number of carbonyl (C=O) groups is 1. The Labute approximate surface area is 117 Å². The lowest BCUT2D eigenvalue weighted by Gasteiger charge is -2.10. The number of amides is 1. The number of benzene rings is 1. The van der Waals surface area contributed by atoms with Gasteiger partial charge >= 0.3 is 0 Å². The zero-order valence-corrected chi connectivity index (χ0v) is 11.5. The molecule has 100 valence electrons. The Morgan fingerprint density at radius 2 is 2.16 bits per heavy atom. The summed E-state index contributed by atoms with van der Waals surface area (Å²) in [7, 11) is 1.93. The minimum Gasteiger partial charge on any atom is -0.354 e. The van der Waals surface area contributed by atoms with Gasteiger partial charge in [-0.15, -0.1) is 11.6 Å². The van der Waals surface area contributed by atoms with E-state index in [9.17, 15) is 4.79 Å². The molecule has 1 N–H and O–H groups in total. The Morgan fingerprint density at radius 1 is 1.42 bits per heavy atom. The molecule has 0 aliphatic heterocycles. The fourth-order valence-electron chi connectivity index (χ4n) is 1.80. The molecule has 1 atom stereocenters. The summed E-state index contributed by atoms with van der Waals surface area (Å²) in [4.78, 5) is 16.1. The standard InChI is InChI=1S/C14H16ClN3O/c1-18-10-9-16-12(18)7-8-17-14(19)13(15)11-5-3-2-4-6-11/h2-6,9-10,13H,7-8H2,1H3,(H,17,19). The molecule has 0 aliphatic carbocycles. The van der Waals surface area contributed by atoms with Crippen molar-refractivity contribution in [2.45, 2.75) is 11.8 Å². The van der Waals surface area contributed by atoms with Crippen molar-refractivity contribution in [3.63, 3.8) is 0 Å². The van der Waals surface area contributed by atoms with Gasteiger partial charge in [0.2, 0.25) is 5.91 Å². The van der Waals surface area contributed by atoms with Gasteiger partial charge in [-0.05, 0) is 5.56 Å². The molecule has 0 saturated heterocycles. The van der Waals surface area contributed by atoms with Gasteiger partial charge < -0.3 is 9.88 Å². The van der Waals surface area contributed by atoms with E-state index in [1.165, 1.54) is 0 Å². The van der Waals surface area contributed by atoms with Crippen molar-refractivity contribution in [2.24, 2.45) is 7.05 Å². The van der Waals surface area contributed by atoms with Gasteiger partial charge in [-0.1, -0.05) is 30.3 Å². The van der Waals surface area contributed by atoms with Crippen LogP contribution < -0.4 is 5.32 Å². The van der Waals surface area contributed by atoms with Gasteiger partial charge in [0.15, 0.2) is 0 Å². The molecule has 19 heavy (non-hydrogen) atoms. The Kier molecular flexibility index (Phi) is 4.58. The quantitative estimate of drug-likeness (QED) is 0.851. The predicted molar refractivity (Wildman–Crippen MR) is 75.0 cm³/mol. The minimum absolute atomic E-state index is 0.179. The largest absolute Gasteiger partial charge is 0.354 e. The molecule has 0 saturated carbocycles. The third-order valence-electron chi connectivity index (χ3n) is 2.89. The summed E-state index contributed by atoms with van der Waals surface area (Å²) in [5, 5.41) is 2.17. The van der Waals surface area contributed by atoms with E-state index in [1.807, 2.05) is 48.1 Å². The maximum absolute atomic E-state index is 11.9. The molecule has 0 fully saturated rings. The number of imidazole rings is 1. The van der Waals surface area contributed by atoms with Crippen LogP contribution in [0.5, 0.6) is 0 Å². The van der Waals surface area contributed by atoms with Crippen LogP contribution in [0.15, 0.2) is 42.7 Å². The second kappa shape index (κ2) is 6.38. The van der Waals surface area contributed by atoms with E-state index in [4.69, 9.17) is 11.6 Å². The van der Waals surface area contributed by atoms with Crippen molar-refractivity contribution in [1.29, 1.82) is 0 Å². The fraction of sp³-hybridized carbons (Fsp3) is 0.286. The first-order valence-corrected chi connectivity index (χ1v) is 6.55. The summed E-state index contributed by atoms with van der Waals surface area (Å²) >= 11 is 6.12. The Balaban J connectivity index is 1.83. The zero-order chi connectivity index (χ0) is 13.7. The average Bonchev–Trinajstić information content (AvgIpc) is 2.84. The highest BCUT2D eigenvalue weighted by atomic mass is 35.5. The van der Waals surface area contributed by atoms with Crippen LogP contribution in [0.4, 0.5) is 0 Å². The maximum Gasteiger partial charge on any atom is 0.242 e. The number of alkyl halides is 1. The van der Waals surface area contributed by atoms with E-state index in [1.54, 1.807) is 6.20 Å². The molecule has 1 aromatic carbocycles. The van der Waals surface area contributed by atoms with Gasteiger partial charge in [-0.3, -0.25) is 4.79 Å². The van der Waals surface area contributed by atoms with Gasteiger partial charge in [-0.25, -0.2) is 4.98 Å². The topological polar surface area (TPSA) is 46.9 Å². The lowest BCUT2D eigenvalue weighted by Crippen LogP contribution is -2.29. The van der Waals surface area contributed by atoms with E-state index in [0.29, 0.717) is 13.0 Å². The summed E-state index contributed by atoms with van der Waals surface area (Å²) in [6.07, 6.45) is 4.31. The Hall–Kier alpha value is -1.81. The summed E-state index contributed by atoms with van der Waals surface area (Å²) in [6, 6.07) is 9.32. The van der Waals surface area contributed by atoms with Gasteiger partial charge in [0.25, 0.3) is 0 Å². The van der Waals surface area contributed by atoms with Crippen LogP contribution >= 0.6 is 11.6 Å².